The number of hydrogen-bond acceptors (Lipinski definition) is 5. The van der Waals surface area contributed by atoms with Crippen LogP contribution in [-0.2, 0) is 4.79 Å². The van der Waals surface area contributed by atoms with Crippen molar-refractivity contribution in [3.8, 4) is 5.75 Å². The molecule has 0 radical (unpaired) electrons. The Bertz CT molecular complexity index is 903. The lowest BCUT2D eigenvalue weighted by atomic mass is 9.94. The first-order chi connectivity index (χ1) is 14.2. The minimum Gasteiger partial charge on any atom is -0.494 e. The molecular formula is C23H25N3O2S. The summed E-state index contributed by atoms with van der Waals surface area (Å²) in [6, 6.07) is 13.7. The van der Waals surface area contributed by atoms with Crippen LogP contribution in [0.5, 0.6) is 5.75 Å². The zero-order valence-electron chi connectivity index (χ0n) is 16.6. The molecule has 2 aliphatic rings. The maximum atomic E-state index is 13.3. The van der Waals surface area contributed by atoms with Crippen molar-refractivity contribution >= 4 is 34.7 Å². The molecular weight excluding hydrogens is 382 g/mol. The molecule has 0 unspecified atom stereocenters. The minimum absolute atomic E-state index is 0.0467. The number of aliphatic imine (C=N–C) groups is 1. The predicted octanol–water partition coefficient (Wildman–Crippen LogP) is 5.42. The third kappa shape index (κ3) is 4.70. The fourth-order valence-corrected chi connectivity index (χ4v) is 4.77. The molecule has 1 saturated heterocycles. The lowest BCUT2D eigenvalue weighted by Gasteiger charge is -2.30. The molecule has 2 aromatic rings. The van der Waals surface area contributed by atoms with Crippen LogP contribution in [0.2, 0.25) is 0 Å². The first-order valence-electron chi connectivity index (χ1n) is 10.2. The standard InChI is InChI=1S/C23H25N3O2S/c1-2-28-19-13-11-17(12-14-19)16-20-22(27)26(18-8-4-3-5-9-18)23(29-20)25-21-10-6-7-15-24-21/h6-7,10-16,18H,2-5,8-9H2,1H3/b20-16-,25-23+. The lowest BCUT2D eigenvalue weighted by molar-refractivity contribution is -0.124. The van der Waals surface area contributed by atoms with Gasteiger partial charge in [-0.1, -0.05) is 37.5 Å². The molecule has 150 valence electrons. The maximum absolute atomic E-state index is 13.3. The number of carbonyl (C=O) groups excluding carboxylic acids is 1. The van der Waals surface area contributed by atoms with Gasteiger partial charge in [-0.25, -0.2) is 9.98 Å². The van der Waals surface area contributed by atoms with Crippen molar-refractivity contribution in [2.75, 3.05) is 6.61 Å². The molecule has 2 heterocycles. The van der Waals surface area contributed by atoms with Gasteiger partial charge in [0.15, 0.2) is 11.0 Å². The van der Waals surface area contributed by atoms with Crippen LogP contribution in [0.25, 0.3) is 6.08 Å². The van der Waals surface area contributed by atoms with E-state index >= 15 is 0 Å². The number of thioether (sulfide) groups is 1. The Morgan fingerprint density at radius 1 is 1.17 bits per heavy atom. The average molecular weight is 408 g/mol. The molecule has 0 bridgehead atoms. The van der Waals surface area contributed by atoms with E-state index in [1.54, 1.807) is 6.20 Å². The summed E-state index contributed by atoms with van der Waals surface area (Å²) in [4.78, 5) is 24.9. The van der Waals surface area contributed by atoms with Crippen molar-refractivity contribution in [1.29, 1.82) is 0 Å². The van der Waals surface area contributed by atoms with Crippen molar-refractivity contribution in [1.82, 2.24) is 9.88 Å². The van der Waals surface area contributed by atoms with E-state index in [1.807, 2.05) is 60.4 Å². The molecule has 1 aliphatic carbocycles. The molecule has 0 N–H and O–H groups in total. The van der Waals surface area contributed by atoms with Crippen LogP contribution in [0.15, 0.2) is 58.6 Å². The van der Waals surface area contributed by atoms with E-state index in [0.29, 0.717) is 17.3 Å². The summed E-state index contributed by atoms with van der Waals surface area (Å²) in [6.07, 6.45) is 9.30. The first-order valence-corrected chi connectivity index (χ1v) is 11.0. The third-order valence-corrected chi connectivity index (χ3v) is 6.11. The number of ether oxygens (including phenoxy) is 1. The van der Waals surface area contributed by atoms with E-state index in [4.69, 9.17) is 9.73 Å². The van der Waals surface area contributed by atoms with Gasteiger partial charge in [-0.2, -0.15) is 0 Å². The van der Waals surface area contributed by atoms with Gasteiger partial charge in [0, 0.05) is 12.2 Å². The highest BCUT2D eigenvalue weighted by atomic mass is 32.2. The second-order valence-electron chi connectivity index (χ2n) is 7.16. The number of rotatable bonds is 5. The molecule has 5 nitrogen and oxygen atoms in total. The van der Waals surface area contributed by atoms with Gasteiger partial charge < -0.3 is 4.74 Å². The second kappa shape index (κ2) is 9.27. The molecule has 2 fully saturated rings. The summed E-state index contributed by atoms with van der Waals surface area (Å²) in [5.74, 6) is 1.51. The van der Waals surface area contributed by atoms with Gasteiger partial charge >= 0.3 is 0 Å². The normalized spacial score (nSPS) is 20.6. The van der Waals surface area contributed by atoms with Crippen LogP contribution in [-0.4, -0.2) is 33.6 Å². The van der Waals surface area contributed by atoms with E-state index in [9.17, 15) is 4.79 Å². The number of amides is 1. The number of nitrogens with zero attached hydrogens (tertiary/aromatic N) is 3. The Labute approximate surface area is 175 Å². The Morgan fingerprint density at radius 3 is 2.66 bits per heavy atom. The Hall–Kier alpha value is -2.60. The van der Waals surface area contributed by atoms with Crippen LogP contribution < -0.4 is 4.74 Å². The highest BCUT2D eigenvalue weighted by Gasteiger charge is 2.38. The van der Waals surface area contributed by atoms with E-state index < -0.39 is 0 Å². The number of carbonyl (C=O) groups is 1. The van der Waals surface area contributed by atoms with Crippen molar-refractivity contribution in [3.05, 3.63) is 59.1 Å². The quantitative estimate of drug-likeness (QED) is 0.621. The van der Waals surface area contributed by atoms with Crippen LogP contribution >= 0.6 is 11.8 Å². The van der Waals surface area contributed by atoms with Gasteiger partial charge in [0.1, 0.15) is 5.75 Å². The lowest BCUT2D eigenvalue weighted by Crippen LogP contribution is -2.40. The van der Waals surface area contributed by atoms with Crippen molar-refractivity contribution in [2.45, 2.75) is 45.1 Å². The zero-order chi connectivity index (χ0) is 20.1. The number of hydrogen-bond donors (Lipinski definition) is 0. The molecule has 1 amide bonds. The molecule has 29 heavy (non-hydrogen) atoms. The van der Waals surface area contributed by atoms with E-state index in [1.165, 1.54) is 18.2 Å². The van der Waals surface area contributed by atoms with Gasteiger partial charge in [-0.3, -0.25) is 9.69 Å². The summed E-state index contributed by atoms with van der Waals surface area (Å²) >= 11 is 1.44. The Balaban J connectivity index is 1.63. The van der Waals surface area contributed by atoms with Crippen molar-refractivity contribution < 1.29 is 9.53 Å². The highest BCUT2D eigenvalue weighted by Crippen LogP contribution is 2.38. The second-order valence-corrected chi connectivity index (χ2v) is 8.17. The minimum atomic E-state index is 0.0467. The number of benzene rings is 1. The highest BCUT2D eigenvalue weighted by molar-refractivity contribution is 8.18. The number of aromatic nitrogens is 1. The first kappa shape index (κ1) is 19.7. The Kier molecular flexibility index (Phi) is 6.30. The third-order valence-electron chi connectivity index (χ3n) is 5.13. The van der Waals surface area contributed by atoms with Gasteiger partial charge in [-0.15, -0.1) is 0 Å². The smallest absolute Gasteiger partial charge is 0.267 e. The summed E-state index contributed by atoms with van der Waals surface area (Å²) in [5, 5.41) is 0.734. The van der Waals surface area contributed by atoms with Gasteiger partial charge in [-0.05, 0) is 67.4 Å². The summed E-state index contributed by atoms with van der Waals surface area (Å²) < 4.78 is 5.50. The average Bonchev–Trinajstić information content (AvgIpc) is 3.05. The SMILES string of the molecule is CCOc1ccc(/C=C2\S/C(=N/c3ccccn3)N(C3CCCCC3)C2=O)cc1. The van der Waals surface area contributed by atoms with Gasteiger partial charge in [0.2, 0.25) is 0 Å². The number of pyridine rings is 1. The number of amidine groups is 1. The van der Waals surface area contributed by atoms with Gasteiger partial charge in [0.05, 0.1) is 11.5 Å². The summed E-state index contributed by atoms with van der Waals surface area (Å²) in [7, 11) is 0. The van der Waals surface area contributed by atoms with E-state index in [0.717, 1.165) is 42.2 Å². The van der Waals surface area contributed by atoms with E-state index in [-0.39, 0.29) is 11.9 Å². The van der Waals surface area contributed by atoms with Crippen molar-refractivity contribution in [3.63, 3.8) is 0 Å². The zero-order valence-corrected chi connectivity index (χ0v) is 17.4. The molecule has 0 spiro atoms. The van der Waals surface area contributed by atoms with Crippen molar-refractivity contribution in [2.24, 2.45) is 4.99 Å². The molecule has 1 aromatic heterocycles. The molecule has 4 rings (SSSR count). The predicted molar refractivity (Wildman–Crippen MR) is 118 cm³/mol. The molecule has 6 heteroatoms. The van der Waals surface area contributed by atoms with Gasteiger partial charge in [0.25, 0.3) is 5.91 Å². The molecule has 1 aromatic carbocycles. The summed E-state index contributed by atoms with van der Waals surface area (Å²) in [5.41, 5.74) is 0.979. The topological polar surface area (TPSA) is 54.8 Å². The largest absolute Gasteiger partial charge is 0.494 e. The molecule has 1 saturated carbocycles. The monoisotopic (exact) mass is 407 g/mol. The maximum Gasteiger partial charge on any atom is 0.267 e. The fourth-order valence-electron chi connectivity index (χ4n) is 3.72. The van der Waals surface area contributed by atoms with Crippen LogP contribution in [0.3, 0.4) is 0 Å². The molecule has 1 aliphatic heterocycles. The molecule has 0 atom stereocenters. The fraction of sp³-hybridized carbons (Fsp3) is 0.348. The van der Waals surface area contributed by atoms with E-state index in [2.05, 4.69) is 4.98 Å². The summed E-state index contributed by atoms with van der Waals surface area (Å²) in [6.45, 7) is 2.60. The van der Waals surface area contributed by atoms with Crippen LogP contribution in [0.4, 0.5) is 5.82 Å². The van der Waals surface area contributed by atoms with Crippen LogP contribution in [0, 0.1) is 0 Å². The Morgan fingerprint density at radius 2 is 1.97 bits per heavy atom. The van der Waals surface area contributed by atoms with Crippen LogP contribution in [0.1, 0.15) is 44.6 Å².